The summed E-state index contributed by atoms with van der Waals surface area (Å²) in [6, 6.07) is 1.89. The summed E-state index contributed by atoms with van der Waals surface area (Å²) >= 11 is 0. The Labute approximate surface area is 193 Å². The van der Waals surface area contributed by atoms with Crippen LogP contribution in [0.1, 0.15) is 40.0 Å². The minimum Gasteiger partial charge on any atom is -0.481 e. The number of carboxylic acid groups (broad SMARTS) is 3. The zero-order valence-electron chi connectivity index (χ0n) is 19.3. The number of hydrogen-bond donors (Lipinski definition) is 5. The summed E-state index contributed by atoms with van der Waals surface area (Å²) in [5.41, 5.74) is 0. The molecule has 13 nitrogen and oxygen atoms in total. The highest BCUT2D eigenvalue weighted by Crippen LogP contribution is 2.16. The van der Waals surface area contributed by atoms with Crippen LogP contribution in [-0.2, 0) is 24.0 Å². The Morgan fingerprint density at radius 3 is 0.909 bits per heavy atom. The third-order valence-corrected chi connectivity index (χ3v) is 4.80. The van der Waals surface area contributed by atoms with E-state index in [9.17, 15) is 14.4 Å². The van der Waals surface area contributed by atoms with Crippen LogP contribution in [-0.4, -0.2) is 117 Å². The molecule has 0 aromatic rings. The van der Waals surface area contributed by atoms with Gasteiger partial charge < -0.3 is 15.3 Å². The molecule has 5 N–H and O–H groups in total. The van der Waals surface area contributed by atoms with E-state index in [2.05, 4.69) is 35.5 Å². The number of carboxylic acids is 3. The molecule has 6 unspecified atom stereocenters. The van der Waals surface area contributed by atoms with E-state index in [0.717, 1.165) is 51.4 Å². The van der Waals surface area contributed by atoms with Gasteiger partial charge in [-0.2, -0.15) is 0 Å². The molecule has 0 aromatic heterocycles. The number of carbonyl (C=O) groups excluding carboxylic acids is 2. The second-order valence-corrected chi connectivity index (χ2v) is 7.67. The molecule has 0 amide bonds. The number of aliphatic carboxylic acids is 3. The van der Waals surface area contributed by atoms with Gasteiger partial charge in [0, 0.05) is 57.4 Å². The van der Waals surface area contributed by atoms with E-state index < -0.39 is 17.9 Å². The van der Waals surface area contributed by atoms with Crippen molar-refractivity contribution in [3.63, 3.8) is 0 Å². The van der Waals surface area contributed by atoms with Gasteiger partial charge in [0.2, 0.25) is 12.2 Å². The van der Waals surface area contributed by atoms with E-state index in [1.807, 2.05) is 0 Å². The Balaban J connectivity index is 0. The highest BCUT2D eigenvalue weighted by molar-refractivity contribution is 5.67. The lowest BCUT2D eigenvalue weighted by atomic mass is 10.4. The fourth-order valence-electron chi connectivity index (χ4n) is 2.53. The molecule has 188 valence electrons. The van der Waals surface area contributed by atoms with Gasteiger partial charge in [-0.3, -0.25) is 29.1 Å². The van der Waals surface area contributed by atoms with Gasteiger partial charge in [-0.15, -0.1) is 0 Å². The molecule has 0 aromatic carbocycles. The maximum absolute atomic E-state index is 10.0. The zero-order chi connectivity index (χ0) is 26.0. The highest BCUT2D eigenvalue weighted by atomic mass is 16.4. The van der Waals surface area contributed by atoms with E-state index in [1.54, 1.807) is 0 Å². The SMILES string of the molecule is CC1CN1CCC(=O)O.CC1CN1CCC(=O)O.CC1CN1CCC(=O)O.N=C=O.N=C=O. The molecule has 3 rings (SSSR count). The van der Waals surface area contributed by atoms with Crippen LogP contribution in [0, 0.1) is 10.8 Å². The fourth-order valence-corrected chi connectivity index (χ4v) is 2.53. The van der Waals surface area contributed by atoms with Crippen LogP contribution in [0.4, 0.5) is 0 Å². The topological polar surface area (TPSA) is 203 Å². The monoisotopic (exact) mass is 473 g/mol. The van der Waals surface area contributed by atoms with Gasteiger partial charge in [0.25, 0.3) is 0 Å². The molecule has 0 bridgehead atoms. The van der Waals surface area contributed by atoms with Crippen molar-refractivity contribution in [2.75, 3.05) is 39.3 Å². The lowest BCUT2D eigenvalue weighted by molar-refractivity contribution is -0.138. The largest absolute Gasteiger partial charge is 0.481 e. The molecule has 0 saturated carbocycles. The number of nitrogens with zero attached hydrogens (tertiary/aromatic N) is 3. The van der Waals surface area contributed by atoms with Gasteiger partial charge in [-0.05, 0) is 20.8 Å². The highest BCUT2D eigenvalue weighted by Gasteiger charge is 2.29. The summed E-state index contributed by atoms with van der Waals surface area (Å²) in [5.74, 6) is -2.10. The second kappa shape index (κ2) is 18.6. The van der Waals surface area contributed by atoms with Crippen molar-refractivity contribution in [2.45, 2.75) is 58.2 Å². The average Bonchev–Trinajstić information content (AvgIpc) is 3.64. The molecule has 3 saturated heterocycles. The Morgan fingerprint density at radius 2 is 0.818 bits per heavy atom. The van der Waals surface area contributed by atoms with Crippen molar-refractivity contribution < 1.29 is 39.3 Å². The number of carbonyl (C=O) groups is 3. The summed E-state index contributed by atoms with van der Waals surface area (Å²) in [7, 11) is 0. The van der Waals surface area contributed by atoms with Crippen LogP contribution in [0.3, 0.4) is 0 Å². The maximum Gasteiger partial charge on any atom is 0.304 e. The number of nitrogens with one attached hydrogen (secondary N) is 2. The van der Waals surface area contributed by atoms with Crippen molar-refractivity contribution >= 4 is 30.1 Å². The van der Waals surface area contributed by atoms with Crippen LogP contribution < -0.4 is 0 Å². The van der Waals surface area contributed by atoms with Gasteiger partial charge in [0.15, 0.2) is 0 Å². The Bertz CT molecular complexity index is 594. The molecular formula is C20H35N5O8. The first-order chi connectivity index (χ1) is 15.4. The lowest BCUT2D eigenvalue weighted by Gasteiger charge is -1.95. The third kappa shape index (κ3) is 23.5. The average molecular weight is 474 g/mol. The lowest BCUT2D eigenvalue weighted by Crippen LogP contribution is -2.07. The zero-order valence-corrected chi connectivity index (χ0v) is 19.3. The fraction of sp³-hybridized carbons (Fsp3) is 0.750. The van der Waals surface area contributed by atoms with Gasteiger partial charge in [-0.25, -0.2) is 20.4 Å². The van der Waals surface area contributed by atoms with Crippen LogP contribution in [0.2, 0.25) is 0 Å². The van der Waals surface area contributed by atoms with E-state index in [4.69, 9.17) is 35.7 Å². The minimum atomic E-state index is -0.700. The third-order valence-electron chi connectivity index (χ3n) is 4.80. The molecular weight excluding hydrogens is 438 g/mol. The molecule has 3 fully saturated rings. The van der Waals surface area contributed by atoms with Crippen molar-refractivity contribution in [3.05, 3.63) is 0 Å². The van der Waals surface area contributed by atoms with Crippen molar-refractivity contribution in [1.29, 1.82) is 10.8 Å². The standard InChI is InChI=1S/3C6H11NO2.2CHNO/c3*1-5-4-7(5)3-2-6(8)9;2*2-1-3/h3*5H,2-4H2,1H3,(H,8,9);2*2H. The molecule has 0 spiro atoms. The molecule has 33 heavy (non-hydrogen) atoms. The van der Waals surface area contributed by atoms with E-state index in [-0.39, 0.29) is 19.3 Å². The predicted molar refractivity (Wildman–Crippen MR) is 117 cm³/mol. The van der Waals surface area contributed by atoms with Crippen LogP contribution >= 0.6 is 0 Å². The molecule has 13 heteroatoms. The number of hydrogen-bond acceptors (Lipinski definition) is 10. The van der Waals surface area contributed by atoms with Crippen molar-refractivity contribution in [2.24, 2.45) is 0 Å². The number of isocyanates is 2. The quantitative estimate of drug-likeness (QED) is 0.175. The summed E-state index contributed by atoms with van der Waals surface area (Å²) in [6.07, 6.45) is 2.35. The molecule has 0 radical (unpaired) electrons. The van der Waals surface area contributed by atoms with Gasteiger partial charge in [0.1, 0.15) is 0 Å². The summed E-state index contributed by atoms with van der Waals surface area (Å²) in [5, 5.41) is 35.6. The first kappa shape index (κ1) is 32.2. The van der Waals surface area contributed by atoms with Crippen molar-refractivity contribution in [1.82, 2.24) is 14.7 Å². The molecule has 3 aliphatic rings. The first-order valence-electron chi connectivity index (χ1n) is 10.4. The van der Waals surface area contributed by atoms with Gasteiger partial charge in [-0.1, -0.05) is 0 Å². The Morgan fingerprint density at radius 1 is 0.667 bits per heavy atom. The molecule has 0 aliphatic carbocycles. The van der Waals surface area contributed by atoms with Crippen LogP contribution in [0.5, 0.6) is 0 Å². The second-order valence-electron chi connectivity index (χ2n) is 7.67. The number of rotatable bonds is 9. The summed E-state index contributed by atoms with van der Waals surface area (Å²) < 4.78 is 0. The predicted octanol–water partition coefficient (Wildman–Crippen LogP) is 0.298. The van der Waals surface area contributed by atoms with E-state index in [1.165, 1.54) is 0 Å². The van der Waals surface area contributed by atoms with Crippen molar-refractivity contribution in [3.8, 4) is 0 Å². The summed E-state index contributed by atoms with van der Waals surface area (Å²) in [4.78, 5) is 53.1. The van der Waals surface area contributed by atoms with Crippen LogP contribution in [0.15, 0.2) is 0 Å². The maximum atomic E-state index is 10.0. The molecule has 3 heterocycles. The van der Waals surface area contributed by atoms with Gasteiger partial charge >= 0.3 is 17.9 Å². The molecule has 6 atom stereocenters. The minimum absolute atomic E-state index is 0.282. The van der Waals surface area contributed by atoms with Gasteiger partial charge in [0.05, 0.1) is 19.3 Å². The smallest absolute Gasteiger partial charge is 0.304 e. The summed E-state index contributed by atoms with van der Waals surface area (Å²) in [6.45, 7) is 11.7. The molecule has 3 aliphatic heterocycles. The Hall–Kier alpha value is -2.95. The Kier molecular flexibility index (Phi) is 18.2. The van der Waals surface area contributed by atoms with Crippen LogP contribution in [0.25, 0.3) is 0 Å². The first-order valence-corrected chi connectivity index (χ1v) is 10.4. The normalized spacial score (nSPS) is 26.8. The van der Waals surface area contributed by atoms with E-state index >= 15 is 0 Å². The van der Waals surface area contributed by atoms with E-state index in [0.29, 0.717) is 18.1 Å².